The van der Waals surface area contributed by atoms with E-state index in [2.05, 4.69) is 60.7 Å². The largest absolute Gasteiger partial charge is 0.744 e. The smallest absolute Gasteiger partial charge is 0.160 e. The van der Waals surface area contributed by atoms with Gasteiger partial charge in [-0.2, -0.15) is 0 Å². The average molecular weight is 435 g/mol. The van der Waals surface area contributed by atoms with E-state index in [-0.39, 0.29) is 4.90 Å². The Bertz CT molecular complexity index is 1180. The van der Waals surface area contributed by atoms with Crippen molar-refractivity contribution in [3.05, 3.63) is 103 Å². The molecule has 0 saturated heterocycles. The zero-order chi connectivity index (χ0) is 21.0. The zero-order valence-electron chi connectivity index (χ0n) is 16.3. The molecule has 4 aromatic carbocycles. The van der Waals surface area contributed by atoms with Gasteiger partial charge < -0.3 is 4.55 Å². The number of hydrogen-bond donors (Lipinski definition) is 0. The second kappa shape index (κ2) is 9.04. The molecule has 152 valence electrons. The van der Waals surface area contributed by atoms with Gasteiger partial charge >= 0.3 is 0 Å². The van der Waals surface area contributed by atoms with Crippen molar-refractivity contribution in [1.29, 1.82) is 0 Å². The van der Waals surface area contributed by atoms with Crippen molar-refractivity contribution < 1.29 is 13.0 Å². The van der Waals surface area contributed by atoms with Crippen LogP contribution in [0.15, 0.2) is 118 Å². The molecule has 1 aliphatic carbocycles. The van der Waals surface area contributed by atoms with Crippen LogP contribution in [0.1, 0.15) is 12.8 Å². The van der Waals surface area contributed by atoms with E-state index in [4.69, 9.17) is 0 Å². The van der Waals surface area contributed by atoms with Crippen LogP contribution in [-0.2, 0) is 21.0 Å². The molecular formula is C25H22O3S2. The Balaban J connectivity index is 0.000000147. The van der Waals surface area contributed by atoms with Gasteiger partial charge in [0.15, 0.2) is 9.79 Å². The SMILES string of the molecule is O=S(=O)([O-])c1ccc2ccccc2c1.c1ccc([S+](c2ccccc2)C2CC2)cc1. The van der Waals surface area contributed by atoms with E-state index >= 15 is 0 Å². The summed E-state index contributed by atoms with van der Waals surface area (Å²) in [5.74, 6) is 0. The van der Waals surface area contributed by atoms with E-state index in [1.54, 1.807) is 18.2 Å². The van der Waals surface area contributed by atoms with Crippen LogP contribution in [0.5, 0.6) is 0 Å². The minimum atomic E-state index is -4.34. The number of benzene rings is 4. The molecule has 0 aliphatic heterocycles. The van der Waals surface area contributed by atoms with Crippen molar-refractivity contribution in [2.45, 2.75) is 32.8 Å². The quantitative estimate of drug-likeness (QED) is 0.309. The lowest BCUT2D eigenvalue weighted by Crippen LogP contribution is -2.08. The van der Waals surface area contributed by atoms with Gasteiger partial charge in [-0.3, -0.25) is 0 Å². The Kier molecular flexibility index (Phi) is 6.23. The summed E-state index contributed by atoms with van der Waals surface area (Å²) in [5.41, 5.74) is 0. The van der Waals surface area contributed by atoms with Gasteiger partial charge in [-0.1, -0.05) is 66.7 Å². The molecule has 5 heteroatoms. The molecule has 0 atom stereocenters. The maximum atomic E-state index is 10.7. The normalized spacial score (nSPS) is 13.7. The monoisotopic (exact) mass is 434 g/mol. The van der Waals surface area contributed by atoms with Crippen LogP contribution < -0.4 is 0 Å². The molecule has 4 aromatic rings. The lowest BCUT2D eigenvalue weighted by Gasteiger charge is -2.07. The van der Waals surface area contributed by atoms with Crippen molar-refractivity contribution in [3.63, 3.8) is 0 Å². The van der Waals surface area contributed by atoms with Gasteiger partial charge in [-0.05, 0) is 47.2 Å². The Morgan fingerprint density at radius 3 is 1.67 bits per heavy atom. The van der Waals surface area contributed by atoms with Crippen molar-refractivity contribution in [3.8, 4) is 0 Å². The van der Waals surface area contributed by atoms with Crippen molar-refractivity contribution >= 4 is 31.8 Å². The summed E-state index contributed by atoms with van der Waals surface area (Å²) in [6.45, 7) is 0. The second-order valence-electron chi connectivity index (χ2n) is 7.13. The Morgan fingerprint density at radius 2 is 1.17 bits per heavy atom. The number of hydrogen-bond acceptors (Lipinski definition) is 3. The van der Waals surface area contributed by atoms with E-state index < -0.39 is 10.1 Å². The van der Waals surface area contributed by atoms with Crippen LogP contribution in [0.3, 0.4) is 0 Å². The molecule has 30 heavy (non-hydrogen) atoms. The van der Waals surface area contributed by atoms with Gasteiger partial charge in [0.1, 0.15) is 15.4 Å². The Hall–Kier alpha value is -2.60. The molecule has 0 unspecified atom stereocenters. The third-order valence-electron chi connectivity index (χ3n) is 4.86. The van der Waals surface area contributed by atoms with Crippen molar-refractivity contribution in [2.75, 3.05) is 0 Å². The summed E-state index contributed by atoms with van der Waals surface area (Å²) in [5, 5.41) is 2.56. The van der Waals surface area contributed by atoms with E-state index in [1.165, 1.54) is 34.8 Å². The van der Waals surface area contributed by atoms with Crippen molar-refractivity contribution in [2.24, 2.45) is 0 Å². The fourth-order valence-corrected chi connectivity index (χ4v) is 6.34. The van der Waals surface area contributed by atoms with Crippen LogP contribution in [0, 0.1) is 0 Å². The van der Waals surface area contributed by atoms with E-state index in [9.17, 15) is 13.0 Å². The van der Waals surface area contributed by atoms with Crippen LogP contribution in [0.2, 0.25) is 0 Å². The number of rotatable bonds is 4. The van der Waals surface area contributed by atoms with Gasteiger partial charge in [0.05, 0.1) is 15.8 Å². The molecule has 0 heterocycles. The summed E-state index contributed by atoms with van der Waals surface area (Å²) < 4.78 is 32.2. The predicted molar refractivity (Wildman–Crippen MR) is 122 cm³/mol. The average Bonchev–Trinajstić information content (AvgIpc) is 3.60. The van der Waals surface area contributed by atoms with Crippen LogP contribution in [0.4, 0.5) is 0 Å². The third kappa shape index (κ3) is 5.11. The summed E-state index contributed by atoms with van der Waals surface area (Å²) in [6, 6.07) is 33.5. The molecule has 1 saturated carbocycles. The van der Waals surface area contributed by atoms with Crippen molar-refractivity contribution in [1.82, 2.24) is 0 Å². The summed E-state index contributed by atoms with van der Waals surface area (Å²) >= 11 is 0. The maximum absolute atomic E-state index is 10.7. The molecule has 0 spiro atoms. The van der Waals surface area contributed by atoms with E-state index in [0.29, 0.717) is 10.9 Å². The first-order valence-corrected chi connectivity index (χ1v) is 12.5. The third-order valence-corrected chi connectivity index (χ3v) is 8.39. The van der Waals surface area contributed by atoms with Gasteiger partial charge in [0, 0.05) is 12.8 Å². The summed E-state index contributed by atoms with van der Waals surface area (Å²) in [4.78, 5) is 2.81. The molecule has 0 radical (unpaired) electrons. The lowest BCUT2D eigenvalue weighted by atomic mass is 10.1. The van der Waals surface area contributed by atoms with Gasteiger partial charge in [0.25, 0.3) is 0 Å². The fourth-order valence-electron chi connectivity index (χ4n) is 3.28. The molecule has 1 fully saturated rings. The Labute approximate surface area is 180 Å². The molecule has 0 aromatic heterocycles. The second-order valence-corrected chi connectivity index (χ2v) is 10.8. The standard InChI is InChI=1S/C15H15S.C10H8O3S/c1-3-7-13(8-4-1)16(15-11-12-15)14-9-5-2-6-10-14;11-14(12,13)10-6-5-8-3-1-2-4-9(8)7-10/h1-10,15H,11-12H2;1-7H,(H,11,12,13)/q+1;/p-1. The molecule has 0 bridgehead atoms. The van der Waals surface area contributed by atoms with Crippen LogP contribution >= 0.6 is 0 Å². The molecule has 3 nitrogen and oxygen atoms in total. The maximum Gasteiger partial charge on any atom is 0.160 e. The van der Waals surface area contributed by atoms with Gasteiger partial charge in [-0.15, -0.1) is 0 Å². The topological polar surface area (TPSA) is 57.2 Å². The highest BCUT2D eigenvalue weighted by molar-refractivity contribution is 7.97. The minimum Gasteiger partial charge on any atom is -0.744 e. The molecule has 5 rings (SSSR count). The fraction of sp³-hybridized carbons (Fsp3) is 0.120. The molecule has 1 aliphatic rings. The van der Waals surface area contributed by atoms with E-state index in [1.807, 2.05) is 12.1 Å². The Morgan fingerprint density at radius 1 is 0.667 bits per heavy atom. The first kappa shape index (κ1) is 20.7. The highest BCUT2D eigenvalue weighted by atomic mass is 32.2. The van der Waals surface area contributed by atoms with Gasteiger partial charge in [0.2, 0.25) is 0 Å². The minimum absolute atomic E-state index is 0.184. The molecule has 0 N–H and O–H groups in total. The highest BCUT2D eigenvalue weighted by Crippen LogP contribution is 2.39. The summed E-state index contributed by atoms with van der Waals surface area (Å²) in [6.07, 6.45) is 2.79. The predicted octanol–water partition coefficient (Wildman–Crippen LogP) is 5.63. The summed E-state index contributed by atoms with van der Waals surface area (Å²) in [7, 11) is -4.04. The van der Waals surface area contributed by atoms with Crippen LogP contribution in [0.25, 0.3) is 10.8 Å². The number of fused-ring (bicyclic) bond motifs is 1. The van der Waals surface area contributed by atoms with Crippen LogP contribution in [-0.4, -0.2) is 18.2 Å². The first-order valence-electron chi connectivity index (χ1n) is 9.80. The van der Waals surface area contributed by atoms with Gasteiger partial charge in [-0.25, -0.2) is 8.42 Å². The highest BCUT2D eigenvalue weighted by Gasteiger charge is 2.43. The lowest BCUT2D eigenvalue weighted by molar-refractivity contribution is 0.463. The van der Waals surface area contributed by atoms with E-state index in [0.717, 1.165) is 16.0 Å². The molecular weight excluding hydrogens is 412 g/mol. The zero-order valence-corrected chi connectivity index (χ0v) is 18.0. The first-order chi connectivity index (χ1) is 14.5. The molecule has 0 amide bonds.